The summed E-state index contributed by atoms with van der Waals surface area (Å²) in [7, 11) is 0. The summed E-state index contributed by atoms with van der Waals surface area (Å²) in [5.41, 5.74) is 0.984. The first-order chi connectivity index (χ1) is 12.9. The Hall–Kier alpha value is -2.49. The number of alkyl halides is 1. The third-order valence-electron chi connectivity index (χ3n) is 4.81. The highest BCUT2D eigenvalue weighted by molar-refractivity contribution is 5.78. The molecule has 6 nitrogen and oxygen atoms in total. The van der Waals surface area contributed by atoms with Gasteiger partial charge in [-0.25, -0.2) is 23.1 Å². The van der Waals surface area contributed by atoms with Gasteiger partial charge in [0.1, 0.15) is 30.3 Å². The van der Waals surface area contributed by atoms with Crippen LogP contribution in [-0.4, -0.2) is 43.1 Å². The van der Waals surface area contributed by atoms with Gasteiger partial charge in [0.2, 0.25) is 0 Å². The number of fused-ring (bicyclic) bond motifs is 1. The van der Waals surface area contributed by atoms with E-state index >= 15 is 0 Å². The number of aliphatic hydroxyl groups excluding tert-OH is 2. The number of hydrogen-bond donors (Lipinski definition) is 2. The first kappa shape index (κ1) is 17.9. The number of aromatic nitrogens is 3. The van der Waals surface area contributed by atoms with E-state index < -0.39 is 42.3 Å². The molecule has 0 amide bonds. The maximum Gasteiger partial charge on any atom is 0.164 e. The standard InChI is InChI=1S/C18H16F3N3O3/c1-8-10-4-5-24(17(10)23-7-22-8)18-15(26)14(25)16(27-18)13(21)9-2-3-11(19)12(20)6-9/h2-7,13-16,18,25-26H,1H3/t13-,14-,15+,16+,18+/m0/s1. The number of halogens is 3. The monoisotopic (exact) mass is 379 g/mol. The molecular weight excluding hydrogens is 363 g/mol. The van der Waals surface area contributed by atoms with Crippen molar-refractivity contribution in [2.75, 3.05) is 0 Å². The number of aryl methyl sites for hydroxylation is 1. The van der Waals surface area contributed by atoms with E-state index in [2.05, 4.69) is 9.97 Å². The van der Waals surface area contributed by atoms with Crippen molar-refractivity contribution in [2.24, 2.45) is 0 Å². The molecule has 1 saturated heterocycles. The Morgan fingerprint density at radius 3 is 2.63 bits per heavy atom. The van der Waals surface area contributed by atoms with Gasteiger partial charge in [0.25, 0.3) is 0 Å². The number of rotatable bonds is 3. The normalized spacial score (nSPS) is 26.6. The molecular formula is C18H16F3N3O3. The highest BCUT2D eigenvalue weighted by Gasteiger charge is 2.48. The SMILES string of the molecule is Cc1ncnc2c1ccn2[C@@H]1O[C@H]([C@@H](F)c2ccc(F)c(F)c2)[C@@H](O)[C@H]1O. The smallest absolute Gasteiger partial charge is 0.164 e. The van der Waals surface area contributed by atoms with Crippen molar-refractivity contribution in [1.82, 2.24) is 14.5 Å². The Balaban J connectivity index is 1.66. The number of aliphatic hydroxyl groups is 2. The molecule has 9 heteroatoms. The lowest BCUT2D eigenvalue weighted by atomic mass is 10.00. The quantitative estimate of drug-likeness (QED) is 0.730. The lowest BCUT2D eigenvalue weighted by Gasteiger charge is -2.19. The number of hydrogen-bond acceptors (Lipinski definition) is 5. The van der Waals surface area contributed by atoms with E-state index in [0.717, 1.165) is 17.5 Å². The van der Waals surface area contributed by atoms with Gasteiger partial charge in [-0.3, -0.25) is 0 Å². The summed E-state index contributed by atoms with van der Waals surface area (Å²) in [6.07, 6.45) is -4.59. The molecule has 1 aliphatic heterocycles. The Bertz CT molecular complexity index is 996. The van der Waals surface area contributed by atoms with Crippen LogP contribution < -0.4 is 0 Å². The molecule has 1 fully saturated rings. The van der Waals surface area contributed by atoms with Gasteiger partial charge in [-0.2, -0.15) is 0 Å². The van der Waals surface area contributed by atoms with Gasteiger partial charge in [-0.05, 0) is 30.7 Å². The molecule has 2 N–H and O–H groups in total. The molecule has 3 heterocycles. The van der Waals surface area contributed by atoms with Crippen LogP contribution in [0.1, 0.15) is 23.7 Å². The number of nitrogens with zero attached hydrogens (tertiary/aromatic N) is 3. The van der Waals surface area contributed by atoms with Crippen LogP contribution >= 0.6 is 0 Å². The highest BCUT2D eigenvalue weighted by atomic mass is 19.2. The van der Waals surface area contributed by atoms with Crippen molar-refractivity contribution in [2.45, 2.75) is 37.6 Å². The summed E-state index contributed by atoms with van der Waals surface area (Å²) in [6, 6.07) is 4.30. The molecule has 2 aromatic heterocycles. The van der Waals surface area contributed by atoms with Gasteiger partial charge < -0.3 is 19.5 Å². The summed E-state index contributed by atoms with van der Waals surface area (Å²) < 4.78 is 48.4. The fourth-order valence-corrected chi connectivity index (χ4v) is 3.33. The molecule has 5 atom stereocenters. The van der Waals surface area contributed by atoms with Crippen LogP contribution in [0.4, 0.5) is 13.2 Å². The molecule has 0 unspecified atom stereocenters. The van der Waals surface area contributed by atoms with E-state index in [0.29, 0.717) is 17.4 Å². The molecule has 1 aromatic carbocycles. The minimum atomic E-state index is -1.96. The van der Waals surface area contributed by atoms with Crippen LogP contribution in [0.3, 0.4) is 0 Å². The fraction of sp³-hybridized carbons (Fsp3) is 0.333. The lowest BCUT2D eigenvalue weighted by Crippen LogP contribution is -2.33. The average Bonchev–Trinajstić information content (AvgIpc) is 3.20. The number of ether oxygens (including phenoxy) is 1. The van der Waals surface area contributed by atoms with Crippen molar-refractivity contribution in [3.8, 4) is 0 Å². The summed E-state index contributed by atoms with van der Waals surface area (Å²) >= 11 is 0. The van der Waals surface area contributed by atoms with Gasteiger partial charge in [0.15, 0.2) is 24.0 Å². The van der Waals surface area contributed by atoms with E-state index in [1.165, 1.54) is 10.9 Å². The molecule has 27 heavy (non-hydrogen) atoms. The second kappa shape index (κ2) is 6.59. The zero-order chi connectivity index (χ0) is 19.3. The minimum Gasteiger partial charge on any atom is -0.387 e. The van der Waals surface area contributed by atoms with Crippen molar-refractivity contribution in [1.29, 1.82) is 0 Å². The van der Waals surface area contributed by atoms with E-state index in [1.54, 1.807) is 19.2 Å². The molecule has 0 bridgehead atoms. The second-order valence-electron chi connectivity index (χ2n) is 6.47. The summed E-state index contributed by atoms with van der Waals surface area (Å²) in [5, 5.41) is 21.4. The summed E-state index contributed by atoms with van der Waals surface area (Å²) in [4.78, 5) is 8.23. The van der Waals surface area contributed by atoms with Gasteiger partial charge in [-0.1, -0.05) is 6.07 Å². The van der Waals surface area contributed by atoms with E-state index in [9.17, 15) is 23.4 Å². The topological polar surface area (TPSA) is 80.4 Å². The molecule has 0 saturated carbocycles. The molecule has 1 aliphatic rings. The Kier molecular flexibility index (Phi) is 4.37. The predicted molar refractivity (Wildman–Crippen MR) is 88.4 cm³/mol. The van der Waals surface area contributed by atoms with Gasteiger partial charge >= 0.3 is 0 Å². The summed E-state index contributed by atoms with van der Waals surface area (Å²) in [5.74, 6) is -2.31. The van der Waals surface area contributed by atoms with Crippen molar-refractivity contribution < 1.29 is 28.1 Å². The van der Waals surface area contributed by atoms with Crippen LogP contribution in [0.15, 0.2) is 36.8 Å². The summed E-state index contributed by atoms with van der Waals surface area (Å²) in [6.45, 7) is 1.79. The first-order valence-corrected chi connectivity index (χ1v) is 8.27. The maximum atomic E-state index is 14.8. The van der Waals surface area contributed by atoms with Crippen LogP contribution in [0, 0.1) is 18.6 Å². The second-order valence-corrected chi connectivity index (χ2v) is 6.47. The lowest BCUT2D eigenvalue weighted by molar-refractivity contribution is -0.0626. The van der Waals surface area contributed by atoms with Crippen LogP contribution in [0.2, 0.25) is 0 Å². The zero-order valence-corrected chi connectivity index (χ0v) is 14.1. The Labute approximate surface area is 151 Å². The van der Waals surface area contributed by atoms with Gasteiger partial charge in [-0.15, -0.1) is 0 Å². The fourth-order valence-electron chi connectivity index (χ4n) is 3.33. The molecule has 3 aromatic rings. The van der Waals surface area contributed by atoms with E-state index in [-0.39, 0.29) is 5.56 Å². The van der Waals surface area contributed by atoms with Crippen LogP contribution in [-0.2, 0) is 4.74 Å². The zero-order valence-electron chi connectivity index (χ0n) is 14.1. The van der Waals surface area contributed by atoms with Crippen molar-refractivity contribution >= 4 is 11.0 Å². The number of benzene rings is 1. The third-order valence-corrected chi connectivity index (χ3v) is 4.81. The molecule has 4 rings (SSSR count). The van der Waals surface area contributed by atoms with Crippen LogP contribution in [0.5, 0.6) is 0 Å². The van der Waals surface area contributed by atoms with E-state index in [1.807, 2.05) is 0 Å². The van der Waals surface area contributed by atoms with E-state index in [4.69, 9.17) is 4.74 Å². The highest BCUT2D eigenvalue weighted by Crippen LogP contribution is 2.39. The molecule has 142 valence electrons. The van der Waals surface area contributed by atoms with Gasteiger partial charge in [0, 0.05) is 11.6 Å². The first-order valence-electron chi connectivity index (χ1n) is 8.27. The minimum absolute atomic E-state index is 0.193. The van der Waals surface area contributed by atoms with Crippen molar-refractivity contribution in [3.05, 3.63) is 59.7 Å². The van der Waals surface area contributed by atoms with Crippen molar-refractivity contribution in [3.63, 3.8) is 0 Å². The molecule has 0 aliphatic carbocycles. The average molecular weight is 379 g/mol. The van der Waals surface area contributed by atoms with Gasteiger partial charge in [0.05, 0.1) is 5.69 Å². The maximum absolute atomic E-state index is 14.8. The Morgan fingerprint density at radius 2 is 1.89 bits per heavy atom. The van der Waals surface area contributed by atoms with Crippen LogP contribution in [0.25, 0.3) is 11.0 Å². The largest absolute Gasteiger partial charge is 0.387 e. The molecule has 0 spiro atoms. The molecule has 0 radical (unpaired) electrons. The third kappa shape index (κ3) is 2.88. The predicted octanol–water partition coefficient (Wildman–Crippen LogP) is 2.35. The Morgan fingerprint density at radius 1 is 1.11 bits per heavy atom.